The molecule has 0 unspecified atom stereocenters. The summed E-state index contributed by atoms with van der Waals surface area (Å²) in [5.74, 6) is 0.915. The first-order chi connectivity index (χ1) is 8.72. The molecule has 0 bridgehead atoms. The molecule has 0 aliphatic carbocycles. The van der Waals surface area contributed by atoms with E-state index in [-0.39, 0.29) is 5.75 Å². The number of nitrogens with zero attached hydrogens (tertiary/aromatic N) is 1. The lowest BCUT2D eigenvalue weighted by molar-refractivity contribution is 0.414. The second-order valence-electron chi connectivity index (χ2n) is 3.57. The van der Waals surface area contributed by atoms with Crippen LogP contribution in [0.25, 0.3) is 0 Å². The predicted molar refractivity (Wildman–Crippen MR) is 69.9 cm³/mol. The summed E-state index contributed by atoms with van der Waals surface area (Å²) in [5, 5.41) is 18.5. The third kappa shape index (κ3) is 2.76. The number of hydrogen-bond donors (Lipinski definition) is 1. The fraction of sp³-hybridized carbons (Fsp3) is 0.0714. The molecule has 0 spiro atoms. The monoisotopic (exact) mass is 257 g/mol. The molecule has 0 amide bonds. The Labute approximate surface area is 110 Å². The number of methoxy groups -OCH3 is 1. The molecule has 2 rings (SSSR count). The summed E-state index contributed by atoms with van der Waals surface area (Å²) < 4.78 is 5.08. The van der Waals surface area contributed by atoms with Gasteiger partial charge >= 0.3 is 0 Å². The summed E-state index contributed by atoms with van der Waals surface area (Å²) in [5.41, 5.74) is 0.451. The van der Waals surface area contributed by atoms with Crippen LogP contribution < -0.4 is 4.74 Å². The van der Waals surface area contributed by atoms with Crippen molar-refractivity contribution in [2.75, 3.05) is 7.11 Å². The molecule has 0 fully saturated rings. The molecule has 1 N–H and O–H groups in total. The Hall–Kier alpha value is -2.12. The second-order valence-corrected chi connectivity index (χ2v) is 4.69. The van der Waals surface area contributed by atoms with Crippen molar-refractivity contribution >= 4 is 11.8 Å². The van der Waals surface area contributed by atoms with Gasteiger partial charge in [-0.25, -0.2) is 0 Å². The third-order valence-corrected chi connectivity index (χ3v) is 3.45. The molecule has 18 heavy (non-hydrogen) atoms. The predicted octanol–water partition coefficient (Wildman–Crippen LogP) is 3.42. The third-order valence-electron chi connectivity index (χ3n) is 2.38. The van der Waals surface area contributed by atoms with Crippen LogP contribution in [-0.4, -0.2) is 12.2 Å². The van der Waals surface area contributed by atoms with Gasteiger partial charge in [-0.3, -0.25) is 0 Å². The van der Waals surface area contributed by atoms with Crippen LogP contribution in [0, 0.1) is 11.3 Å². The molecule has 0 saturated carbocycles. The highest BCUT2D eigenvalue weighted by molar-refractivity contribution is 7.99. The molecule has 0 aliphatic rings. The number of benzene rings is 2. The van der Waals surface area contributed by atoms with E-state index in [9.17, 15) is 5.11 Å². The van der Waals surface area contributed by atoms with Gasteiger partial charge < -0.3 is 9.84 Å². The summed E-state index contributed by atoms with van der Waals surface area (Å²) in [7, 11) is 1.62. The zero-order valence-corrected chi connectivity index (χ0v) is 10.6. The van der Waals surface area contributed by atoms with E-state index in [1.807, 2.05) is 30.3 Å². The molecule has 3 nitrogen and oxygen atoms in total. The average molecular weight is 257 g/mol. The lowest BCUT2D eigenvalue weighted by Gasteiger charge is -2.05. The fourth-order valence-corrected chi connectivity index (χ4v) is 2.27. The van der Waals surface area contributed by atoms with E-state index in [0.29, 0.717) is 5.56 Å². The van der Waals surface area contributed by atoms with Crippen molar-refractivity contribution in [3.8, 4) is 17.6 Å². The molecule has 2 aromatic rings. The highest BCUT2D eigenvalue weighted by Crippen LogP contribution is 2.35. The number of ether oxygens (including phenoxy) is 1. The minimum Gasteiger partial charge on any atom is -0.507 e. The molecule has 0 radical (unpaired) electrons. The molecule has 0 heterocycles. The maximum absolute atomic E-state index is 9.79. The minimum absolute atomic E-state index is 0.120. The Morgan fingerprint density at radius 3 is 2.44 bits per heavy atom. The van der Waals surface area contributed by atoms with E-state index < -0.39 is 0 Å². The van der Waals surface area contributed by atoms with E-state index in [4.69, 9.17) is 10.00 Å². The molecule has 0 atom stereocenters. The lowest BCUT2D eigenvalue weighted by atomic mass is 10.2. The number of nitriles is 1. The van der Waals surface area contributed by atoms with E-state index in [2.05, 4.69) is 0 Å². The zero-order chi connectivity index (χ0) is 13.0. The van der Waals surface area contributed by atoms with Gasteiger partial charge in [0.05, 0.1) is 23.6 Å². The Kier molecular flexibility index (Phi) is 3.75. The van der Waals surface area contributed by atoms with Crippen molar-refractivity contribution in [1.29, 1.82) is 5.26 Å². The van der Waals surface area contributed by atoms with Gasteiger partial charge in [0.25, 0.3) is 0 Å². The van der Waals surface area contributed by atoms with Crippen LogP contribution in [-0.2, 0) is 0 Å². The molecule has 90 valence electrons. The van der Waals surface area contributed by atoms with Gasteiger partial charge in [-0.2, -0.15) is 5.26 Å². The van der Waals surface area contributed by atoms with Crippen molar-refractivity contribution in [2.45, 2.75) is 9.79 Å². The Balaban J connectivity index is 2.20. The number of phenols is 1. The van der Waals surface area contributed by atoms with Gasteiger partial charge in [-0.15, -0.1) is 0 Å². The van der Waals surface area contributed by atoms with Gasteiger partial charge in [0.15, 0.2) is 0 Å². The van der Waals surface area contributed by atoms with Crippen LogP contribution in [0.3, 0.4) is 0 Å². The maximum atomic E-state index is 9.79. The second kappa shape index (κ2) is 5.48. The number of aromatic hydroxyl groups is 1. The van der Waals surface area contributed by atoms with Gasteiger partial charge in [-0.1, -0.05) is 11.8 Å². The summed E-state index contributed by atoms with van der Waals surface area (Å²) in [4.78, 5) is 1.72. The van der Waals surface area contributed by atoms with Crippen molar-refractivity contribution in [1.82, 2.24) is 0 Å². The van der Waals surface area contributed by atoms with Crippen molar-refractivity contribution in [3.05, 3.63) is 48.0 Å². The SMILES string of the molecule is COc1ccc(Sc2ccc(C#N)cc2O)cc1. The number of phenolic OH excluding ortho intramolecular Hbond substituents is 1. The topological polar surface area (TPSA) is 53.2 Å². The first kappa shape index (κ1) is 12.3. The van der Waals surface area contributed by atoms with E-state index in [1.165, 1.54) is 17.8 Å². The van der Waals surface area contributed by atoms with Crippen molar-refractivity contribution in [3.63, 3.8) is 0 Å². The minimum atomic E-state index is 0.120. The van der Waals surface area contributed by atoms with E-state index in [1.54, 1.807) is 19.2 Å². The van der Waals surface area contributed by atoms with Crippen molar-refractivity contribution in [2.24, 2.45) is 0 Å². The van der Waals surface area contributed by atoms with Crippen LogP contribution in [0.5, 0.6) is 11.5 Å². The maximum Gasteiger partial charge on any atom is 0.130 e. The smallest absolute Gasteiger partial charge is 0.130 e. The first-order valence-electron chi connectivity index (χ1n) is 5.28. The van der Waals surface area contributed by atoms with E-state index in [0.717, 1.165) is 15.5 Å². The number of rotatable bonds is 3. The average Bonchev–Trinajstić information content (AvgIpc) is 2.42. The molecule has 0 aliphatic heterocycles. The van der Waals surface area contributed by atoms with Crippen LogP contribution in [0.2, 0.25) is 0 Å². The summed E-state index contributed by atoms with van der Waals surface area (Å²) in [6.45, 7) is 0. The zero-order valence-electron chi connectivity index (χ0n) is 9.75. The van der Waals surface area contributed by atoms with Crippen LogP contribution >= 0.6 is 11.8 Å². The summed E-state index contributed by atoms with van der Waals surface area (Å²) >= 11 is 1.44. The van der Waals surface area contributed by atoms with Crippen LogP contribution in [0.15, 0.2) is 52.3 Å². The largest absolute Gasteiger partial charge is 0.507 e. The first-order valence-corrected chi connectivity index (χ1v) is 6.09. The van der Waals surface area contributed by atoms with Gasteiger partial charge in [0, 0.05) is 4.90 Å². The summed E-state index contributed by atoms with van der Waals surface area (Å²) in [6, 6.07) is 14.4. The van der Waals surface area contributed by atoms with Gasteiger partial charge in [0.1, 0.15) is 11.5 Å². The molecule has 0 aromatic heterocycles. The number of hydrogen-bond acceptors (Lipinski definition) is 4. The molecule has 2 aromatic carbocycles. The van der Waals surface area contributed by atoms with E-state index >= 15 is 0 Å². The Morgan fingerprint density at radius 2 is 1.89 bits per heavy atom. The normalized spacial score (nSPS) is 9.78. The van der Waals surface area contributed by atoms with Gasteiger partial charge in [0.2, 0.25) is 0 Å². The molecular formula is C14H11NO2S. The Morgan fingerprint density at radius 1 is 1.17 bits per heavy atom. The highest BCUT2D eigenvalue weighted by atomic mass is 32.2. The molecule has 0 saturated heterocycles. The highest BCUT2D eigenvalue weighted by Gasteiger charge is 2.05. The lowest BCUT2D eigenvalue weighted by Crippen LogP contribution is -1.82. The Bertz CT molecular complexity index is 588. The van der Waals surface area contributed by atoms with Crippen LogP contribution in [0.1, 0.15) is 5.56 Å². The molecule has 4 heteroatoms. The van der Waals surface area contributed by atoms with Crippen molar-refractivity contribution < 1.29 is 9.84 Å². The fourth-order valence-electron chi connectivity index (χ4n) is 1.44. The van der Waals surface area contributed by atoms with Crippen LogP contribution in [0.4, 0.5) is 0 Å². The standard InChI is InChI=1S/C14H11NO2S/c1-17-11-3-5-12(6-4-11)18-14-7-2-10(9-15)8-13(14)16/h2-8,16H,1H3. The molecular weight excluding hydrogens is 246 g/mol. The quantitative estimate of drug-likeness (QED) is 0.915. The van der Waals surface area contributed by atoms with Gasteiger partial charge in [-0.05, 0) is 42.5 Å². The summed E-state index contributed by atoms with van der Waals surface area (Å²) in [6.07, 6.45) is 0.